The van der Waals surface area contributed by atoms with E-state index >= 15 is 0 Å². The van der Waals surface area contributed by atoms with E-state index in [1.165, 1.54) is 25.0 Å². The lowest BCUT2D eigenvalue weighted by atomic mass is 10.1. The van der Waals surface area contributed by atoms with E-state index in [4.69, 9.17) is 23.8 Å². The lowest BCUT2D eigenvalue weighted by Gasteiger charge is -2.29. The molecule has 3 rings (SSSR count). The maximum Gasteiger partial charge on any atom is 0.166 e. The Kier molecular flexibility index (Phi) is 6.83. The Labute approximate surface area is 164 Å². The van der Waals surface area contributed by atoms with Gasteiger partial charge >= 0.3 is 0 Å². The van der Waals surface area contributed by atoms with Crippen molar-refractivity contribution in [3.8, 4) is 0 Å². The largest absolute Gasteiger partial charge is 0.361 e. The summed E-state index contributed by atoms with van der Waals surface area (Å²) in [4.78, 5) is 2.46. The Morgan fingerprint density at radius 3 is 2.46 bits per heavy atom. The third-order valence-corrected chi connectivity index (χ3v) is 5.30. The van der Waals surface area contributed by atoms with Gasteiger partial charge in [0.05, 0.1) is 6.04 Å². The second kappa shape index (κ2) is 9.31. The number of halogens is 2. The maximum absolute atomic E-state index is 13.0. The van der Waals surface area contributed by atoms with Crippen molar-refractivity contribution in [2.24, 2.45) is 0 Å². The topological polar surface area (TPSA) is 27.3 Å². The van der Waals surface area contributed by atoms with Crippen molar-refractivity contribution < 1.29 is 4.39 Å². The zero-order chi connectivity index (χ0) is 18.4. The summed E-state index contributed by atoms with van der Waals surface area (Å²) >= 11 is 11.8. The van der Waals surface area contributed by atoms with Crippen molar-refractivity contribution in [2.45, 2.75) is 25.4 Å². The summed E-state index contributed by atoms with van der Waals surface area (Å²) in [6, 6.07) is 14.6. The summed E-state index contributed by atoms with van der Waals surface area (Å²) in [7, 11) is 0. The first-order chi connectivity index (χ1) is 12.6. The van der Waals surface area contributed by atoms with E-state index in [0.29, 0.717) is 18.2 Å². The number of rotatable bonds is 6. The third-order valence-electron chi connectivity index (χ3n) is 4.67. The minimum Gasteiger partial charge on any atom is -0.361 e. The maximum atomic E-state index is 13.0. The van der Waals surface area contributed by atoms with Crippen LogP contribution in [0.1, 0.15) is 30.0 Å². The van der Waals surface area contributed by atoms with Crippen LogP contribution >= 0.6 is 23.8 Å². The Bertz CT molecular complexity index is 732. The highest BCUT2D eigenvalue weighted by atomic mass is 35.5. The van der Waals surface area contributed by atoms with Crippen molar-refractivity contribution >= 4 is 28.9 Å². The Morgan fingerprint density at radius 2 is 1.77 bits per heavy atom. The number of likely N-dealkylation sites (tertiary alicyclic amines) is 1. The van der Waals surface area contributed by atoms with Gasteiger partial charge in [-0.2, -0.15) is 0 Å². The fourth-order valence-corrected chi connectivity index (χ4v) is 3.69. The lowest BCUT2D eigenvalue weighted by Crippen LogP contribution is -2.41. The minimum absolute atomic E-state index is 0.191. The van der Waals surface area contributed by atoms with E-state index in [-0.39, 0.29) is 11.9 Å². The first-order valence-electron chi connectivity index (χ1n) is 8.88. The first kappa shape index (κ1) is 19.1. The van der Waals surface area contributed by atoms with Gasteiger partial charge in [0, 0.05) is 18.1 Å². The van der Waals surface area contributed by atoms with Crippen LogP contribution in [-0.4, -0.2) is 29.6 Å². The minimum atomic E-state index is -0.234. The number of benzene rings is 2. The highest BCUT2D eigenvalue weighted by Gasteiger charge is 2.25. The van der Waals surface area contributed by atoms with Gasteiger partial charge in [-0.1, -0.05) is 41.9 Å². The molecule has 0 aliphatic carbocycles. The van der Waals surface area contributed by atoms with Crippen LogP contribution in [0.5, 0.6) is 0 Å². The van der Waals surface area contributed by atoms with Crippen LogP contribution < -0.4 is 10.6 Å². The van der Waals surface area contributed by atoms with Gasteiger partial charge in [0.25, 0.3) is 0 Å². The Morgan fingerprint density at radius 1 is 1.08 bits per heavy atom. The first-order valence-corrected chi connectivity index (χ1v) is 9.67. The molecule has 2 aromatic rings. The van der Waals surface area contributed by atoms with Gasteiger partial charge in [-0.25, -0.2) is 4.39 Å². The molecule has 3 nitrogen and oxygen atoms in total. The Hall–Kier alpha value is -1.69. The average Bonchev–Trinajstić information content (AvgIpc) is 3.17. The fraction of sp³-hybridized carbons (Fsp3) is 0.350. The summed E-state index contributed by atoms with van der Waals surface area (Å²) in [5, 5.41) is 7.87. The Balaban J connectivity index is 1.57. The summed E-state index contributed by atoms with van der Waals surface area (Å²) in [5.41, 5.74) is 2.11. The molecule has 0 saturated carbocycles. The van der Waals surface area contributed by atoms with Crippen molar-refractivity contribution in [3.05, 3.63) is 70.5 Å². The number of hydrogen-bond acceptors (Lipinski definition) is 2. The van der Waals surface area contributed by atoms with Gasteiger partial charge in [-0.3, -0.25) is 4.90 Å². The molecule has 1 heterocycles. The van der Waals surface area contributed by atoms with Crippen LogP contribution in [0, 0.1) is 5.82 Å². The predicted octanol–water partition coefficient (Wildman–Crippen LogP) is 4.28. The lowest BCUT2D eigenvalue weighted by molar-refractivity contribution is 0.246. The monoisotopic (exact) mass is 391 g/mol. The zero-order valence-corrected chi connectivity index (χ0v) is 16.1. The molecule has 0 amide bonds. The van der Waals surface area contributed by atoms with Crippen LogP contribution in [-0.2, 0) is 6.54 Å². The molecule has 1 fully saturated rings. The third kappa shape index (κ3) is 5.16. The molecule has 1 saturated heterocycles. The highest BCUT2D eigenvalue weighted by Crippen LogP contribution is 2.29. The van der Waals surface area contributed by atoms with Crippen LogP contribution in [0.25, 0.3) is 0 Å². The number of thiocarbonyl (C=S) groups is 1. The van der Waals surface area contributed by atoms with E-state index in [2.05, 4.69) is 21.6 Å². The fourth-order valence-electron chi connectivity index (χ4n) is 3.27. The van der Waals surface area contributed by atoms with Crippen LogP contribution in [0.4, 0.5) is 4.39 Å². The van der Waals surface area contributed by atoms with Gasteiger partial charge in [-0.05, 0) is 67.5 Å². The molecular formula is C20H23ClFN3S. The molecule has 2 N–H and O–H groups in total. The van der Waals surface area contributed by atoms with E-state index in [1.54, 1.807) is 12.1 Å². The van der Waals surface area contributed by atoms with Crippen LogP contribution in [0.15, 0.2) is 48.5 Å². The van der Waals surface area contributed by atoms with Crippen LogP contribution in [0.3, 0.4) is 0 Å². The highest BCUT2D eigenvalue weighted by molar-refractivity contribution is 7.80. The molecule has 1 aliphatic rings. The van der Waals surface area contributed by atoms with Crippen molar-refractivity contribution in [1.82, 2.24) is 15.5 Å². The molecule has 1 atom stereocenters. The number of nitrogens with one attached hydrogen (secondary N) is 2. The second-order valence-corrected chi connectivity index (χ2v) is 7.29. The molecular weight excluding hydrogens is 369 g/mol. The van der Waals surface area contributed by atoms with Gasteiger partial charge in [0.2, 0.25) is 0 Å². The molecule has 0 spiro atoms. The SMILES string of the molecule is Fc1ccc(CNC(=S)NC[C@@H](c2ccccc2Cl)N2CCCC2)cc1. The normalized spacial score (nSPS) is 15.6. The van der Waals surface area contributed by atoms with Crippen molar-refractivity contribution in [3.63, 3.8) is 0 Å². The molecule has 0 bridgehead atoms. The molecule has 138 valence electrons. The van der Waals surface area contributed by atoms with Gasteiger partial charge < -0.3 is 10.6 Å². The zero-order valence-electron chi connectivity index (χ0n) is 14.6. The summed E-state index contributed by atoms with van der Waals surface area (Å²) in [6.07, 6.45) is 2.43. The van der Waals surface area contributed by atoms with E-state index in [0.717, 1.165) is 29.2 Å². The molecule has 2 aromatic carbocycles. The molecule has 26 heavy (non-hydrogen) atoms. The quantitative estimate of drug-likeness (QED) is 0.719. The average molecular weight is 392 g/mol. The summed E-state index contributed by atoms with van der Waals surface area (Å²) in [6.45, 7) is 3.41. The van der Waals surface area contributed by atoms with Crippen LogP contribution in [0.2, 0.25) is 5.02 Å². The van der Waals surface area contributed by atoms with Gasteiger partial charge in [-0.15, -0.1) is 0 Å². The predicted molar refractivity (Wildman–Crippen MR) is 109 cm³/mol. The van der Waals surface area contributed by atoms with Gasteiger partial charge in [0.1, 0.15) is 5.82 Å². The van der Waals surface area contributed by atoms with Crippen molar-refractivity contribution in [1.29, 1.82) is 0 Å². The molecule has 6 heteroatoms. The number of nitrogens with zero attached hydrogens (tertiary/aromatic N) is 1. The second-order valence-electron chi connectivity index (χ2n) is 6.47. The summed E-state index contributed by atoms with van der Waals surface area (Å²) < 4.78 is 13.0. The molecule has 0 radical (unpaired) electrons. The van der Waals surface area contributed by atoms with E-state index in [1.807, 2.05) is 18.2 Å². The summed E-state index contributed by atoms with van der Waals surface area (Å²) in [5.74, 6) is -0.234. The number of hydrogen-bond donors (Lipinski definition) is 2. The van der Waals surface area contributed by atoms with Gasteiger partial charge in [0.15, 0.2) is 5.11 Å². The molecule has 0 aromatic heterocycles. The standard InChI is InChI=1S/C20H23ClFN3S/c21-18-6-2-1-5-17(18)19(25-11-3-4-12-25)14-24-20(26)23-13-15-7-9-16(22)10-8-15/h1-2,5-10,19H,3-4,11-14H2,(H2,23,24,26)/t19-/m0/s1. The van der Waals surface area contributed by atoms with Crippen molar-refractivity contribution in [2.75, 3.05) is 19.6 Å². The smallest absolute Gasteiger partial charge is 0.166 e. The van der Waals surface area contributed by atoms with E-state index < -0.39 is 0 Å². The molecule has 0 unspecified atom stereocenters. The van der Waals surface area contributed by atoms with E-state index in [9.17, 15) is 4.39 Å². The molecule has 1 aliphatic heterocycles.